The lowest BCUT2D eigenvalue weighted by atomic mass is 10.2. The quantitative estimate of drug-likeness (QED) is 0.743. The SMILES string of the molecule is O=C(Nc1ncc(Br)nc1Br)c1cccc(Br)c1F. The molecule has 19 heavy (non-hydrogen) atoms. The van der Waals surface area contributed by atoms with E-state index in [9.17, 15) is 9.18 Å². The second-order valence-electron chi connectivity index (χ2n) is 3.39. The molecule has 0 fully saturated rings. The summed E-state index contributed by atoms with van der Waals surface area (Å²) in [5, 5.41) is 2.48. The van der Waals surface area contributed by atoms with Crippen LogP contribution in [0.1, 0.15) is 10.4 Å². The summed E-state index contributed by atoms with van der Waals surface area (Å²) >= 11 is 9.33. The smallest absolute Gasteiger partial charge is 0.259 e. The fourth-order valence-electron chi connectivity index (χ4n) is 1.28. The van der Waals surface area contributed by atoms with Crippen LogP contribution in [-0.2, 0) is 0 Å². The van der Waals surface area contributed by atoms with Crippen LogP contribution >= 0.6 is 47.8 Å². The molecule has 0 aliphatic heterocycles. The maximum atomic E-state index is 13.8. The summed E-state index contributed by atoms with van der Waals surface area (Å²) in [5.74, 6) is -1.01. The number of hydrogen-bond donors (Lipinski definition) is 1. The van der Waals surface area contributed by atoms with E-state index in [1.165, 1.54) is 18.3 Å². The molecule has 2 aromatic rings. The van der Waals surface area contributed by atoms with Gasteiger partial charge in [0.25, 0.3) is 5.91 Å². The predicted octanol–water partition coefficient (Wildman–Crippen LogP) is 4.16. The highest BCUT2D eigenvalue weighted by Gasteiger charge is 2.16. The number of hydrogen-bond acceptors (Lipinski definition) is 3. The van der Waals surface area contributed by atoms with Crippen molar-refractivity contribution in [2.75, 3.05) is 5.32 Å². The molecule has 0 aliphatic carbocycles. The Hall–Kier alpha value is -0.860. The first-order chi connectivity index (χ1) is 8.99. The van der Waals surface area contributed by atoms with Crippen molar-refractivity contribution >= 4 is 59.5 Å². The molecule has 98 valence electrons. The van der Waals surface area contributed by atoms with Gasteiger partial charge in [-0.1, -0.05) is 6.07 Å². The van der Waals surface area contributed by atoms with Gasteiger partial charge in [-0.25, -0.2) is 14.4 Å². The number of rotatable bonds is 2. The highest BCUT2D eigenvalue weighted by molar-refractivity contribution is 9.11. The van der Waals surface area contributed by atoms with Gasteiger partial charge in [0, 0.05) is 0 Å². The van der Waals surface area contributed by atoms with Crippen LogP contribution in [0.25, 0.3) is 0 Å². The van der Waals surface area contributed by atoms with Crippen LogP contribution in [0.5, 0.6) is 0 Å². The van der Waals surface area contributed by atoms with Crippen molar-refractivity contribution in [3.63, 3.8) is 0 Å². The molecule has 0 unspecified atom stereocenters. The molecule has 0 saturated carbocycles. The normalized spacial score (nSPS) is 10.3. The van der Waals surface area contributed by atoms with Crippen LogP contribution in [0, 0.1) is 5.82 Å². The zero-order valence-corrected chi connectivity index (χ0v) is 13.9. The molecular weight excluding hydrogens is 449 g/mol. The van der Waals surface area contributed by atoms with Gasteiger partial charge in [-0.2, -0.15) is 0 Å². The van der Waals surface area contributed by atoms with E-state index in [-0.39, 0.29) is 15.9 Å². The molecule has 4 nitrogen and oxygen atoms in total. The molecule has 1 heterocycles. The molecule has 1 amide bonds. The number of carbonyl (C=O) groups excluding carboxylic acids is 1. The number of nitrogens with zero attached hydrogens (tertiary/aromatic N) is 2. The van der Waals surface area contributed by atoms with Crippen molar-refractivity contribution in [3.8, 4) is 0 Å². The van der Waals surface area contributed by atoms with Gasteiger partial charge < -0.3 is 5.32 Å². The van der Waals surface area contributed by atoms with E-state index in [2.05, 4.69) is 63.1 Å². The zero-order chi connectivity index (χ0) is 14.0. The van der Waals surface area contributed by atoms with E-state index in [1.54, 1.807) is 6.07 Å². The van der Waals surface area contributed by atoms with E-state index < -0.39 is 11.7 Å². The van der Waals surface area contributed by atoms with Crippen LogP contribution in [0.2, 0.25) is 0 Å². The van der Waals surface area contributed by atoms with Crippen molar-refractivity contribution in [1.82, 2.24) is 9.97 Å². The number of aromatic nitrogens is 2. The molecule has 0 radical (unpaired) electrons. The van der Waals surface area contributed by atoms with Gasteiger partial charge in [-0.15, -0.1) is 0 Å². The monoisotopic (exact) mass is 451 g/mol. The molecule has 0 atom stereocenters. The molecule has 8 heteroatoms. The second-order valence-corrected chi connectivity index (χ2v) is 5.81. The Morgan fingerprint density at radius 2 is 2.00 bits per heavy atom. The maximum Gasteiger partial charge on any atom is 0.259 e. The van der Waals surface area contributed by atoms with Crippen LogP contribution in [0.4, 0.5) is 10.2 Å². The first kappa shape index (κ1) is 14.5. The largest absolute Gasteiger partial charge is 0.304 e. The van der Waals surface area contributed by atoms with E-state index >= 15 is 0 Å². The minimum absolute atomic E-state index is 0.0778. The van der Waals surface area contributed by atoms with E-state index in [0.717, 1.165) is 0 Å². The van der Waals surface area contributed by atoms with Gasteiger partial charge in [0.05, 0.1) is 16.2 Å². The Balaban J connectivity index is 2.28. The lowest BCUT2D eigenvalue weighted by molar-refractivity contribution is 0.102. The Kier molecular flexibility index (Phi) is 4.64. The van der Waals surface area contributed by atoms with Gasteiger partial charge in [0.1, 0.15) is 15.0 Å². The van der Waals surface area contributed by atoms with Gasteiger partial charge in [0.2, 0.25) is 0 Å². The summed E-state index contributed by atoms with van der Waals surface area (Å²) in [6.07, 6.45) is 1.43. The Morgan fingerprint density at radius 3 is 2.68 bits per heavy atom. The third-order valence-corrected chi connectivity index (χ3v) is 3.68. The summed E-state index contributed by atoms with van der Waals surface area (Å²) in [6, 6.07) is 4.47. The molecule has 2 rings (SSSR count). The van der Waals surface area contributed by atoms with Crippen molar-refractivity contribution < 1.29 is 9.18 Å². The van der Waals surface area contributed by atoms with Gasteiger partial charge in [-0.05, 0) is 59.9 Å². The molecule has 1 aromatic heterocycles. The average Bonchev–Trinajstić information content (AvgIpc) is 2.36. The van der Waals surface area contributed by atoms with Crippen molar-refractivity contribution in [2.45, 2.75) is 0 Å². The first-order valence-corrected chi connectivity index (χ1v) is 7.30. The van der Waals surface area contributed by atoms with Gasteiger partial charge in [-0.3, -0.25) is 4.79 Å². The van der Waals surface area contributed by atoms with E-state index in [4.69, 9.17) is 0 Å². The highest BCUT2D eigenvalue weighted by Crippen LogP contribution is 2.22. The summed E-state index contributed by atoms with van der Waals surface area (Å²) in [5.41, 5.74) is -0.0778. The average molecular weight is 454 g/mol. The highest BCUT2D eigenvalue weighted by atomic mass is 79.9. The fourth-order valence-corrected chi connectivity index (χ4v) is 2.56. The fraction of sp³-hybridized carbons (Fsp3) is 0. The number of benzene rings is 1. The number of anilines is 1. The molecular formula is C11H5Br3FN3O. The number of carbonyl (C=O) groups is 1. The Bertz CT molecular complexity index is 651. The lowest BCUT2D eigenvalue weighted by Gasteiger charge is -2.07. The van der Waals surface area contributed by atoms with Gasteiger partial charge >= 0.3 is 0 Å². The minimum atomic E-state index is -0.624. The standard InChI is InChI=1S/C11H5Br3FN3O/c12-6-3-1-2-5(8(6)15)11(19)18-10-9(14)17-7(13)4-16-10/h1-4H,(H,16,18,19). The first-order valence-electron chi connectivity index (χ1n) is 4.92. The topological polar surface area (TPSA) is 54.9 Å². The molecule has 0 bridgehead atoms. The molecule has 0 aliphatic rings. The van der Waals surface area contributed by atoms with Crippen LogP contribution in [-0.4, -0.2) is 15.9 Å². The number of halogens is 4. The van der Waals surface area contributed by atoms with E-state index in [0.29, 0.717) is 9.21 Å². The number of nitrogens with one attached hydrogen (secondary N) is 1. The van der Waals surface area contributed by atoms with Gasteiger partial charge in [0.15, 0.2) is 5.82 Å². The second kappa shape index (κ2) is 6.06. The van der Waals surface area contributed by atoms with Crippen molar-refractivity contribution in [1.29, 1.82) is 0 Å². The van der Waals surface area contributed by atoms with Crippen molar-refractivity contribution in [3.05, 3.63) is 49.5 Å². The Morgan fingerprint density at radius 1 is 1.26 bits per heavy atom. The summed E-state index contributed by atoms with van der Waals surface area (Å²) in [6.45, 7) is 0. The molecule has 0 saturated heterocycles. The summed E-state index contributed by atoms with van der Waals surface area (Å²) in [4.78, 5) is 19.9. The summed E-state index contributed by atoms with van der Waals surface area (Å²) < 4.78 is 14.9. The summed E-state index contributed by atoms with van der Waals surface area (Å²) in [7, 11) is 0. The molecule has 1 N–H and O–H groups in total. The molecule has 1 aromatic carbocycles. The third kappa shape index (κ3) is 3.37. The minimum Gasteiger partial charge on any atom is -0.304 e. The zero-order valence-electron chi connectivity index (χ0n) is 9.12. The van der Waals surface area contributed by atoms with Crippen LogP contribution < -0.4 is 5.32 Å². The lowest BCUT2D eigenvalue weighted by Crippen LogP contribution is -2.15. The maximum absolute atomic E-state index is 13.8. The molecule has 0 spiro atoms. The Labute approximate surface area is 133 Å². The van der Waals surface area contributed by atoms with E-state index in [1.807, 2.05) is 0 Å². The predicted molar refractivity (Wildman–Crippen MR) is 79.5 cm³/mol. The van der Waals surface area contributed by atoms with Crippen molar-refractivity contribution in [2.24, 2.45) is 0 Å². The van der Waals surface area contributed by atoms with Crippen LogP contribution in [0.15, 0.2) is 38.1 Å². The third-order valence-electron chi connectivity index (χ3n) is 2.13. The van der Waals surface area contributed by atoms with Crippen LogP contribution in [0.3, 0.4) is 0 Å². The number of amides is 1.